The minimum absolute atomic E-state index is 0.00829. The maximum absolute atomic E-state index is 11.0. The van der Waals surface area contributed by atoms with Gasteiger partial charge >= 0.3 is 0 Å². The van der Waals surface area contributed by atoms with E-state index in [-0.39, 0.29) is 11.3 Å². The lowest BCUT2D eigenvalue weighted by atomic mass is 9.82. The summed E-state index contributed by atoms with van der Waals surface area (Å²) < 4.78 is 5.40. The van der Waals surface area contributed by atoms with Gasteiger partial charge in [-0.1, -0.05) is 32.0 Å². The van der Waals surface area contributed by atoms with Crippen molar-refractivity contribution in [3.8, 4) is 5.75 Å². The number of ether oxygens (including phenoxy) is 1. The summed E-state index contributed by atoms with van der Waals surface area (Å²) >= 11 is 0. The van der Waals surface area contributed by atoms with E-state index >= 15 is 0 Å². The van der Waals surface area contributed by atoms with Crippen LogP contribution in [0.4, 0.5) is 0 Å². The van der Waals surface area contributed by atoms with Crippen LogP contribution >= 0.6 is 0 Å². The van der Waals surface area contributed by atoms with Crippen LogP contribution in [-0.2, 0) is 10.2 Å². The fraction of sp³-hybridized carbons (Fsp3) is 0.500. The third-order valence-corrected chi connectivity index (χ3v) is 3.86. The lowest BCUT2D eigenvalue weighted by Gasteiger charge is -2.23. The Morgan fingerprint density at radius 1 is 1.44 bits per heavy atom. The molecule has 2 nitrogen and oxygen atoms in total. The number of para-hydroxylation sites is 1. The number of aldehydes is 1. The van der Waals surface area contributed by atoms with Gasteiger partial charge in [0.15, 0.2) is 0 Å². The number of methoxy groups -OCH3 is 1. The van der Waals surface area contributed by atoms with Crippen LogP contribution in [0.2, 0.25) is 0 Å². The summed E-state index contributed by atoms with van der Waals surface area (Å²) in [6, 6.07) is 8.04. The van der Waals surface area contributed by atoms with E-state index in [9.17, 15) is 4.79 Å². The van der Waals surface area contributed by atoms with E-state index in [0.29, 0.717) is 5.92 Å². The summed E-state index contributed by atoms with van der Waals surface area (Å²) in [6.07, 6.45) is 2.04. The van der Waals surface area contributed by atoms with Gasteiger partial charge in [0.25, 0.3) is 0 Å². The molecule has 2 heteroatoms. The first-order chi connectivity index (χ1) is 7.66. The first kappa shape index (κ1) is 11.2. The molecule has 16 heavy (non-hydrogen) atoms. The first-order valence-electron chi connectivity index (χ1n) is 5.75. The van der Waals surface area contributed by atoms with Crippen molar-refractivity contribution >= 4 is 6.29 Å². The maximum Gasteiger partial charge on any atom is 0.124 e. The number of hydrogen-bond acceptors (Lipinski definition) is 2. The Balaban J connectivity index is 2.46. The number of benzene rings is 1. The van der Waals surface area contributed by atoms with E-state index in [2.05, 4.69) is 19.9 Å². The second-order valence-electron chi connectivity index (χ2n) is 4.84. The molecular weight excluding hydrogens is 200 g/mol. The number of carbonyl (C=O) groups is 1. The number of hydrogen-bond donors (Lipinski definition) is 0. The minimum atomic E-state index is 0.00829. The largest absolute Gasteiger partial charge is 0.496 e. The van der Waals surface area contributed by atoms with Crippen molar-refractivity contribution in [1.82, 2.24) is 0 Å². The minimum Gasteiger partial charge on any atom is -0.496 e. The van der Waals surface area contributed by atoms with E-state index in [1.165, 1.54) is 5.56 Å². The molecule has 2 atom stereocenters. The van der Waals surface area contributed by atoms with Gasteiger partial charge in [-0.05, 0) is 18.4 Å². The molecule has 0 bridgehead atoms. The van der Waals surface area contributed by atoms with Crippen molar-refractivity contribution in [1.29, 1.82) is 0 Å². The Morgan fingerprint density at radius 3 is 2.62 bits per heavy atom. The molecule has 1 fully saturated rings. The molecule has 0 spiro atoms. The van der Waals surface area contributed by atoms with Crippen molar-refractivity contribution in [2.45, 2.75) is 25.7 Å². The standard InChI is InChI=1S/C14H18O2/c1-10(2)14(8-11(14)9-15)12-6-4-5-7-13(12)16-3/h4-7,9-11H,8H2,1-3H3. The normalized spacial score (nSPS) is 27.9. The van der Waals surface area contributed by atoms with Crippen LogP contribution in [0.25, 0.3) is 0 Å². The van der Waals surface area contributed by atoms with Crippen LogP contribution in [0.5, 0.6) is 5.75 Å². The molecule has 0 aromatic heterocycles. The Bertz CT molecular complexity index is 397. The highest BCUT2D eigenvalue weighted by Gasteiger charge is 2.58. The van der Waals surface area contributed by atoms with Crippen LogP contribution < -0.4 is 4.74 Å². The molecule has 1 aliphatic carbocycles. The molecule has 0 heterocycles. The summed E-state index contributed by atoms with van der Waals surface area (Å²) in [5.41, 5.74) is 1.19. The fourth-order valence-electron chi connectivity index (χ4n) is 2.79. The molecule has 1 saturated carbocycles. The SMILES string of the molecule is COc1ccccc1C1(C(C)C)CC1C=O. The summed E-state index contributed by atoms with van der Waals surface area (Å²) in [5.74, 6) is 1.52. The molecule has 0 saturated heterocycles. The second kappa shape index (κ2) is 3.93. The maximum atomic E-state index is 11.0. The van der Waals surface area contributed by atoms with Crippen LogP contribution in [0.3, 0.4) is 0 Å². The fourth-order valence-corrected chi connectivity index (χ4v) is 2.79. The Labute approximate surface area is 96.6 Å². The quantitative estimate of drug-likeness (QED) is 0.726. The molecule has 86 valence electrons. The van der Waals surface area contributed by atoms with Gasteiger partial charge in [0, 0.05) is 16.9 Å². The lowest BCUT2D eigenvalue weighted by molar-refractivity contribution is -0.109. The number of rotatable bonds is 4. The third kappa shape index (κ3) is 1.44. The van der Waals surface area contributed by atoms with Gasteiger partial charge in [-0.3, -0.25) is 0 Å². The van der Waals surface area contributed by atoms with Gasteiger partial charge in [0.1, 0.15) is 12.0 Å². The molecule has 1 aliphatic rings. The third-order valence-electron chi connectivity index (χ3n) is 3.86. The zero-order valence-corrected chi connectivity index (χ0v) is 10.1. The van der Waals surface area contributed by atoms with Crippen LogP contribution in [0.15, 0.2) is 24.3 Å². The molecule has 2 unspecified atom stereocenters. The molecule has 0 N–H and O–H groups in total. The predicted molar refractivity (Wildman–Crippen MR) is 63.7 cm³/mol. The van der Waals surface area contributed by atoms with Crippen molar-refractivity contribution in [2.24, 2.45) is 11.8 Å². The lowest BCUT2D eigenvalue weighted by Crippen LogP contribution is -2.19. The van der Waals surface area contributed by atoms with Crippen LogP contribution in [-0.4, -0.2) is 13.4 Å². The topological polar surface area (TPSA) is 26.3 Å². The van der Waals surface area contributed by atoms with Gasteiger partial charge < -0.3 is 9.53 Å². The van der Waals surface area contributed by atoms with Gasteiger partial charge in [-0.2, -0.15) is 0 Å². The van der Waals surface area contributed by atoms with E-state index in [1.54, 1.807) is 7.11 Å². The summed E-state index contributed by atoms with van der Waals surface area (Å²) in [7, 11) is 1.69. The second-order valence-corrected chi connectivity index (χ2v) is 4.84. The van der Waals surface area contributed by atoms with Gasteiger partial charge in [0.05, 0.1) is 7.11 Å². The molecule has 1 aromatic carbocycles. The molecule has 0 aliphatic heterocycles. The number of carbonyl (C=O) groups excluding carboxylic acids is 1. The highest BCUT2D eigenvalue weighted by Crippen LogP contribution is 2.60. The van der Waals surface area contributed by atoms with Gasteiger partial charge in [0.2, 0.25) is 0 Å². The summed E-state index contributed by atoms with van der Waals surface area (Å²) in [6.45, 7) is 4.35. The van der Waals surface area contributed by atoms with Crippen LogP contribution in [0.1, 0.15) is 25.8 Å². The van der Waals surface area contributed by atoms with Crippen molar-refractivity contribution in [3.63, 3.8) is 0 Å². The molecule has 0 amide bonds. The average Bonchev–Trinajstić information content (AvgIpc) is 3.04. The Morgan fingerprint density at radius 2 is 2.12 bits per heavy atom. The van der Waals surface area contributed by atoms with Crippen molar-refractivity contribution < 1.29 is 9.53 Å². The zero-order chi connectivity index (χ0) is 11.8. The van der Waals surface area contributed by atoms with E-state index in [0.717, 1.165) is 18.5 Å². The monoisotopic (exact) mass is 218 g/mol. The van der Waals surface area contributed by atoms with Crippen molar-refractivity contribution in [3.05, 3.63) is 29.8 Å². The summed E-state index contributed by atoms with van der Waals surface area (Å²) in [5, 5.41) is 0. The zero-order valence-electron chi connectivity index (χ0n) is 10.1. The predicted octanol–water partition coefficient (Wildman–Crippen LogP) is 2.81. The smallest absolute Gasteiger partial charge is 0.124 e. The van der Waals surface area contributed by atoms with Gasteiger partial charge in [-0.15, -0.1) is 0 Å². The highest BCUT2D eigenvalue weighted by molar-refractivity contribution is 5.66. The van der Waals surface area contributed by atoms with Crippen molar-refractivity contribution in [2.75, 3.05) is 7.11 Å². The molecule has 0 radical (unpaired) electrons. The highest BCUT2D eigenvalue weighted by atomic mass is 16.5. The first-order valence-corrected chi connectivity index (χ1v) is 5.75. The molecular formula is C14H18O2. The van der Waals surface area contributed by atoms with Crippen LogP contribution in [0, 0.1) is 11.8 Å². The summed E-state index contributed by atoms with van der Waals surface area (Å²) in [4.78, 5) is 11.0. The van der Waals surface area contributed by atoms with E-state index in [4.69, 9.17) is 4.74 Å². The molecule has 2 rings (SSSR count). The Kier molecular flexibility index (Phi) is 2.75. The van der Waals surface area contributed by atoms with E-state index < -0.39 is 0 Å². The van der Waals surface area contributed by atoms with E-state index in [1.807, 2.05) is 18.2 Å². The molecule has 1 aromatic rings. The Hall–Kier alpha value is -1.31. The average molecular weight is 218 g/mol. The van der Waals surface area contributed by atoms with Gasteiger partial charge in [-0.25, -0.2) is 0 Å².